The number of hydrogen-bond acceptors (Lipinski definition) is 18. The molecule has 0 aromatic carbocycles. The van der Waals surface area contributed by atoms with Crippen molar-refractivity contribution in [3.63, 3.8) is 0 Å². The lowest BCUT2D eigenvalue weighted by molar-refractivity contribution is -0.360. The summed E-state index contributed by atoms with van der Waals surface area (Å²) in [6, 6.07) is 0. The zero-order valence-corrected chi connectivity index (χ0v) is 37.1. The van der Waals surface area contributed by atoms with Crippen molar-refractivity contribution in [3.8, 4) is 0 Å². The van der Waals surface area contributed by atoms with Crippen LogP contribution in [0.4, 0.5) is 0 Å². The summed E-state index contributed by atoms with van der Waals surface area (Å²) in [4.78, 5) is 0. The molecule has 0 spiro atoms. The number of aliphatic hydroxyl groups is 11. The SMILES string of the molecule is CC(CCC1(O)OC2CC3C4CC=C5CC(O[C@@H]6O[C@H](CO)[C@@H](O[C@@H]7O[C@@H](C)[C@H](O)[C@@H](O)[C@H]7O)[C@H](O)[C@H]6O)CCC5(C)C4CCC3(C)C2C1C)CO[C@@H]1O[C@H](CO)[C@@H](O)[C@H](O)[C@H]1O. The smallest absolute Gasteiger partial charge is 0.187 e. The van der Waals surface area contributed by atoms with E-state index in [0.29, 0.717) is 43.4 Å². The number of allylic oxidation sites excluding steroid dienone is 1. The van der Waals surface area contributed by atoms with E-state index in [1.807, 2.05) is 6.92 Å². The van der Waals surface area contributed by atoms with Gasteiger partial charge in [-0.15, -0.1) is 0 Å². The molecule has 0 aromatic heterocycles. The van der Waals surface area contributed by atoms with Crippen LogP contribution in [0.5, 0.6) is 0 Å². The molecule has 11 N–H and O–H groups in total. The minimum atomic E-state index is -1.64. The molecule has 8 rings (SSSR count). The zero-order chi connectivity index (χ0) is 45.5. The molecule has 4 saturated heterocycles. The summed E-state index contributed by atoms with van der Waals surface area (Å²) in [5.41, 5.74) is 1.28. The Labute approximate surface area is 369 Å². The number of hydrogen-bond donors (Lipinski definition) is 11. The first-order chi connectivity index (χ1) is 29.8. The van der Waals surface area contributed by atoms with Gasteiger partial charge in [-0.2, -0.15) is 0 Å². The van der Waals surface area contributed by atoms with Crippen LogP contribution in [0, 0.1) is 46.3 Å². The van der Waals surface area contributed by atoms with E-state index >= 15 is 0 Å². The molecule has 4 heterocycles. The maximum atomic E-state index is 12.0. The van der Waals surface area contributed by atoms with E-state index in [2.05, 4.69) is 26.8 Å². The Morgan fingerprint density at radius 3 is 2.11 bits per heavy atom. The summed E-state index contributed by atoms with van der Waals surface area (Å²) < 4.78 is 41.6. The van der Waals surface area contributed by atoms with Crippen LogP contribution >= 0.6 is 0 Å². The van der Waals surface area contributed by atoms with Crippen molar-refractivity contribution < 1.29 is 89.3 Å². The highest BCUT2D eigenvalue weighted by Gasteiger charge is 2.68. The fourth-order valence-electron chi connectivity index (χ4n) is 13.5. The van der Waals surface area contributed by atoms with Gasteiger partial charge in [0.15, 0.2) is 24.7 Å². The van der Waals surface area contributed by atoms with E-state index in [1.165, 1.54) is 12.5 Å². The van der Waals surface area contributed by atoms with Gasteiger partial charge in [0.25, 0.3) is 0 Å². The Bertz CT molecular complexity index is 1600. The maximum Gasteiger partial charge on any atom is 0.187 e. The third-order valence-electron chi connectivity index (χ3n) is 17.4. The van der Waals surface area contributed by atoms with Crippen molar-refractivity contribution in [1.82, 2.24) is 0 Å². The predicted octanol–water partition coefficient (Wildman–Crippen LogP) is -0.831. The van der Waals surface area contributed by atoms with Crippen molar-refractivity contribution in [2.45, 2.75) is 203 Å². The number of rotatable bonds is 12. The molecule has 4 aliphatic carbocycles. The highest BCUT2D eigenvalue weighted by Crippen LogP contribution is 2.70. The van der Waals surface area contributed by atoms with Gasteiger partial charge in [-0.05, 0) is 98.7 Å². The molecule has 0 amide bonds. The summed E-state index contributed by atoms with van der Waals surface area (Å²) >= 11 is 0. The molecule has 0 aromatic rings. The third-order valence-corrected chi connectivity index (χ3v) is 17.4. The normalized spacial score (nSPS) is 55.0. The molecule has 362 valence electrons. The van der Waals surface area contributed by atoms with Gasteiger partial charge in [-0.25, -0.2) is 0 Å². The van der Waals surface area contributed by atoms with Crippen LogP contribution in [0.2, 0.25) is 0 Å². The highest BCUT2D eigenvalue weighted by molar-refractivity contribution is 5.26. The Kier molecular flexibility index (Phi) is 14.2. The molecule has 26 atom stereocenters. The number of aliphatic hydroxyl groups excluding tert-OH is 10. The van der Waals surface area contributed by atoms with E-state index in [1.54, 1.807) is 0 Å². The lowest BCUT2D eigenvalue weighted by Gasteiger charge is -2.58. The van der Waals surface area contributed by atoms with Gasteiger partial charge >= 0.3 is 0 Å². The van der Waals surface area contributed by atoms with Crippen LogP contribution in [0.1, 0.15) is 92.4 Å². The molecule has 8 aliphatic rings. The second-order valence-electron chi connectivity index (χ2n) is 21.0. The molecule has 18 nitrogen and oxygen atoms in total. The summed E-state index contributed by atoms with van der Waals surface area (Å²) in [5.74, 6) is 0.121. The van der Waals surface area contributed by atoms with E-state index in [4.69, 9.17) is 33.2 Å². The summed E-state index contributed by atoms with van der Waals surface area (Å²) in [6.07, 6.45) is -11.3. The average molecular weight is 903 g/mol. The first kappa shape index (κ1) is 48.5. The molecule has 18 heteroatoms. The zero-order valence-electron chi connectivity index (χ0n) is 37.1. The van der Waals surface area contributed by atoms with Gasteiger partial charge in [0.2, 0.25) is 0 Å². The van der Waals surface area contributed by atoms with Gasteiger partial charge in [0, 0.05) is 12.3 Å². The third kappa shape index (κ3) is 8.51. The fourth-order valence-corrected chi connectivity index (χ4v) is 13.5. The maximum absolute atomic E-state index is 12.0. The van der Waals surface area contributed by atoms with Crippen molar-refractivity contribution in [3.05, 3.63) is 11.6 Å². The molecule has 0 bridgehead atoms. The first-order valence-electron chi connectivity index (χ1n) is 23.4. The topological polar surface area (TPSA) is 287 Å². The van der Waals surface area contributed by atoms with Crippen LogP contribution in [0.15, 0.2) is 11.6 Å². The van der Waals surface area contributed by atoms with Crippen molar-refractivity contribution in [1.29, 1.82) is 0 Å². The van der Waals surface area contributed by atoms with Gasteiger partial charge in [0.1, 0.15) is 67.1 Å². The van der Waals surface area contributed by atoms with Gasteiger partial charge < -0.3 is 89.3 Å². The Balaban J connectivity index is 0.852. The van der Waals surface area contributed by atoms with E-state index in [9.17, 15) is 56.2 Å². The number of fused-ring (bicyclic) bond motifs is 7. The summed E-state index contributed by atoms with van der Waals surface area (Å²) in [7, 11) is 0. The van der Waals surface area contributed by atoms with Gasteiger partial charge in [0.05, 0.1) is 38.1 Å². The lowest BCUT2D eigenvalue weighted by Crippen LogP contribution is -2.64. The minimum absolute atomic E-state index is 0.00377. The van der Waals surface area contributed by atoms with Crippen LogP contribution in [0.25, 0.3) is 0 Å². The van der Waals surface area contributed by atoms with Crippen LogP contribution < -0.4 is 0 Å². The summed E-state index contributed by atoms with van der Waals surface area (Å²) in [6.45, 7) is 9.42. The predicted molar refractivity (Wildman–Crippen MR) is 218 cm³/mol. The van der Waals surface area contributed by atoms with Crippen molar-refractivity contribution in [2.24, 2.45) is 46.3 Å². The van der Waals surface area contributed by atoms with Crippen molar-refractivity contribution >= 4 is 0 Å². The second kappa shape index (κ2) is 18.5. The number of ether oxygens (including phenoxy) is 7. The van der Waals surface area contributed by atoms with Gasteiger partial charge in [-0.3, -0.25) is 0 Å². The molecule has 63 heavy (non-hydrogen) atoms. The monoisotopic (exact) mass is 902 g/mol. The van der Waals surface area contributed by atoms with E-state index < -0.39 is 111 Å². The summed E-state index contributed by atoms with van der Waals surface area (Å²) in [5, 5.41) is 115. The standard InChI is InChI=1S/C45H74O18/c1-19(18-57-40-36(53)34(51)32(49)28(16-46)60-40)8-13-45(56)20(2)30-27(63-45)15-26-24-7-6-22-14-23(9-11-43(22,4)25(24)10-12-44(26,30)5)59-42-38(55)35(52)39(29(17-47)61-42)62-41-37(54)33(50)31(48)21(3)58-41/h6,19-21,23-42,46-56H,7-18H2,1-5H3/t19?,20?,21-,23?,24?,25?,26?,27?,28+,29+,30?,31-,32+,33+,34-,35+,36+,37+,38+,39+,40+,41-,42+,43?,44?,45?/m0/s1. The molecular formula is C45H74O18. The highest BCUT2D eigenvalue weighted by atomic mass is 16.7. The molecular weight excluding hydrogens is 828 g/mol. The molecule has 4 aliphatic heterocycles. The lowest BCUT2D eigenvalue weighted by atomic mass is 9.47. The second-order valence-corrected chi connectivity index (χ2v) is 21.0. The van der Waals surface area contributed by atoms with Gasteiger partial charge in [-0.1, -0.05) is 39.3 Å². The van der Waals surface area contributed by atoms with E-state index in [0.717, 1.165) is 32.1 Å². The quantitative estimate of drug-likeness (QED) is 0.107. The average Bonchev–Trinajstić information content (AvgIpc) is 3.70. The van der Waals surface area contributed by atoms with E-state index in [-0.39, 0.29) is 47.4 Å². The Morgan fingerprint density at radius 1 is 0.746 bits per heavy atom. The molecule has 7 fully saturated rings. The van der Waals surface area contributed by atoms with Crippen LogP contribution in [-0.4, -0.2) is 186 Å². The van der Waals surface area contributed by atoms with Crippen LogP contribution in [0.3, 0.4) is 0 Å². The molecule has 0 radical (unpaired) electrons. The molecule has 3 saturated carbocycles. The minimum Gasteiger partial charge on any atom is -0.394 e. The van der Waals surface area contributed by atoms with Crippen molar-refractivity contribution in [2.75, 3.05) is 19.8 Å². The van der Waals surface area contributed by atoms with Crippen LogP contribution in [-0.2, 0) is 33.2 Å². The Hall–Kier alpha value is -0.980. The Morgan fingerprint density at radius 2 is 1.40 bits per heavy atom. The fraction of sp³-hybridized carbons (Fsp3) is 0.956. The first-order valence-corrected chi connectivity index (χ1v) is 23.4. The largest absolute Gasteiger partial charge is 0.394 e. The molecule has 11 unspecified atom stereocenters.